The van der Waals surface area contributed by atoms with Gasteiger partial charge in [-0.25, -0.2) is 0 Å². The van der Waals surface area contributed by atoms with E-state index < -0.39 is 12.1 Å². The number of carbonyl (C=O) groups excluding carboxylic acids is 2. The minimum Gasteiger partial charge on any atom is -0.356 e. The molecule has 2 amide bonds. The molecule has 1 aliphatic rings. The number of halogens is 1. The molecule has 0 radical (unpaired) electrons. The molecule has 0 saturated carbocycles. The molecule has 2 aromatic rings. The fraction of sp³-hybridized carbons (Fsp3) is 0.389. The minimum absolute atomic E-state index is 0.154. The number of benzene rings is 1. The van der Waals surface area contributed by atoms with Gasteiger partial charge in [-0.2, -0.15) is 5.10 Å². The van der Waals surface area contributed by atoms with E-state index in [1.165, 1.54) is 0 Å². The van der Waals surface area contributed by atoms with E-state index in [1.54, 1.807) is 24.3 Å². The van der Waals surface area contributed by atoms with E-state index in [0.29, 0.717) is 23.6 Å². The van der Waals surface area contributed by atoms with Crippen LogP contribution in [0.25, 0.3) is 0 Å². The van der Waals surface area contributed by atoms with Gasteiger partial charge in [-0.3, -0.25) is 14.7 Å². The maximum atomic E-state index is 12.6. The van der Waals surface area contributed by atoms with Crippen molar-refractivity contribution in [3.63, 3.8) is 0 Å². The molecule has 2 heterocycles. The molecule has 0 aliphatic carbocycles. The largest absolute Gasteiger partial charge is 0.356 e. The topological polar surface area (TPSA) is 96.1 Å². The summed E-state index contributed by atoms with van der Waals surface area (Å²) < 4.78 is 5.51. The third-order valence-corrected chi connectivity index (χ3v) is 4.81. The summed E-state index contributed by atoms with van der Waals surface area (Å²) in [4.78, 5) is 24.4. The molecule has 0 unspecified atom stereocenters. The van der Waals surface area contributed by atoms with Crippen molar-refractivity contribution in [3.05, 3.63) is 51.8 Å². The maximum absolute atomic E-state index is 12.6. The van der Waals surface area contributed by atoms with E-state index >= 15 is 0 Å². The average Bonchev–Trinajstić information content (AvgIpc) is 2.94. The molecular formula is C18H21ClN4O3. The van der Waals surface area contributed by atoms with E-state index in [-0.39, 0.29) is 18.4 Å². The van der Waals surface area contributed by atoms with Gasteiger partial charge < -0.3 is 15.4 Å². The standard InChI is InChI=1S/C18H21ClN4O3/c1-10-12(11(2)23-22-10)7-8-20-18(25)17-16(21-15(24)9-26-17)13-5-3-4-6-14(13)19/h3-6,16-17H,7-9H2,1-2H3,(H,20,25)(H,21,24)(H,22,23)/t16-,17+/m1/s1. The lowest BCUT2D eigenvalue weighted by atomic mass is 9.99. The lowest BCUT2D eigenvalue weighted by molar-refractivity contribution is -0.148. The number of morpholine rings is 1. The summed E-state index contributed by atoms with van der Waals surface area (Å²) in [6.45, 7) is 4.17. The molecule has 0 spiro atoms. The van der Waals surface area contributed by atoms with Gasteiger partial charge in [-0.15, -0.1) is 0 Å². The third-order valence-electron chi connectivity index (χ3n) is 4.47. The molecule has 26 heavy (non-hydrogen) atoms. The number of aromatic nitrogens is 2. The molecule has 138 valence electrons. The van der Waals surface area contributed by atoms with Crippen LogP contribution in [0.15, 0.2) is 24.3 Å². The Balaban J connectivity index is 1.68. The first-order chi connectivity index (χ1) is 12.5. The van der Waals surface area contributed by atoms with Crippen LogP contribution >= 0.6 is 11.6 Å². The number of carbonyl (C=O) groups is 2. The van der Waals surface area contributed by atoms with Crippen LogP contribution in [0.1, 0.15) is 28.6 Å². The third kappa shape index (κ3) is 3.89. The highest BCUT2D eigenvalue weighted by molar-refractivity contribution is 6.31. The number of aromatic amines is 1. The Bertz CT molecular complexity index is 801. The van der Waals surface area contributed by atoms with Gasteiger partial charge >= 0.3 is 0 Å². The maximum Gasteiger partial charge on any atom is 0.251 e. The van der Waals surface area contributed by atoms with Gasteiger partial charge in [-0.1, -0.05) is 29.8 Å². The normalized spacial score (nSPS) is 19.9. The van der Waals surface area contributed by atoms with Gasteiger partial charge in [0.15, 0.2) is 6.10 Å². The first-order valence-electron chi connectivity index (χ1n) is 8.41. The van der Waals surface area contributed by atoms with Gasteiger partial charge in [0, 0.05) is 17.3 Å². The molecule has 1 aliphatic heterocycles. The number of H-pyrrole nitrogens is 1. The van der Waals surface area contributed by atoms with Crippen LogP contribution in [0, 0.1) is 13.8 Å². The summed E-state index contributed by atoms with van der Waals surface area (Å²) in [5, 5.41) is 13.2. The molecule has 1 fully saturated rings. The van der Waals surface area contributed by atoms with Gasteiger partial charge in [0.25, 0.3) is 5.91 Å². The Morgan fingerprint density at radius 1 is 1.38 bits per heavy atom. The molecule has 1 aromatic carbocycles. The van der Waals surface area contributed by atoms with E-state index in [1.807, 2.05) is 13.8 Å². The predicted molar refractivity (Wildman–Crippen MR) is 96.9 cm³/mol. The molecule has 0 bridgehead atoms. The van der Waals surface area contributed by atoms with E-state index in [2.05, 4.69) is 20.8 Å². The highest BCUT2D eigenvalue weighted by Gasteiger charge is 2.36. The number of rotatable bonds is 5. The van der Waals surface area contributed by atoms with Crippen molar-refractivity contribution in [3.8, 4) is 0 Å². The number of ether oxygens (including phenoxy) is 1. The number of aryl methyl sites for hydroxylation is 2. The Hall–Kier alpha value is -2.38. The summed E-state index contributed by atoms with van der Waals surface area (Å²) in [5.41, 5.74) is 3.66. The number of nitrogens with zero attached hydrogens (tertiary/aromatic N) is 1. The summed E-state index contributed by atoms with van der Waals surface area (Å²) in [5.74, 6) is -0.558. The van der Waals surface area contributed by atoms with Crippen molar-refractivity contribution in [2.75, 3.05) is 13.2 Å². The van der Waals surface area contributed by atoms with Crippen molar-refractivity contribution in [2.45, 2.75) is 32.4 Å². The molecular weight excluding hydrogens is 356 g/mol. The van der Waals surface area contributed by atoms with Crippen molar-refractivity contribution < 1.29 is 14.3 Å². The van der Waals surface area contributed by atoms with Crippen LogP contribution in [-0.4, -0.2) is 41.3 Å². The fourth-order valence-electron chi connectivity index (χ4n) is 3.10. The monoisotopic (exact) mass is 376 g/mol. The zero-order valence-electron chi connectivity index (χ0n) is 14.6. The molecule has 1 saturated heterocycles. The van der Waals surface area contributed by atoms with E-state index in [0.717, 1.165) is 17.0 Å². The lowest BCUT2D eigenvalue weighted by Crippen LogP contribution is -2.52. The second-order valence-corrected chi connectivity index (χ2v) is 6.66. The smallest absolute Gasteiger partial charge is 0.251 e. The number of amides is 2. The number of hydrogen-bond acceptors (Lipinski definition) is 4. The second-order valence-electron chi connectivity index (χ2n) is 6.25. The van der Waals surface area contributed by atoms with Gasteiger partial charge in [0.1, 0.15) is 6.61 Å². The summed E-state index contributed by atoms with van der Waals surface area (Å²) in [6.07, 6.45) is -0.172. The highest BCUT2D eigenvalue weighted by Crippen LogP contribution is 2.28. The van der Waals surface area contributed by atoms with Gasteiger partial charge in [-0.05, 0) is 37.5 Å². The predicted octanol–water partition coefficient (Wildman–Crippen LogP) is 1.59. The lowest BCUT2D eigenvalue weighted by Gasteiger charge is -2.32. The van der Waals surface area contributed by atoms with Crippen LogP contribution in [0.4, 0.5) is 0 Å². The quantitative estimate of drug-likeness (QED) is 0.738. The van der Waals surface area contributed by atoms with Crippen molar-refractivity contribution in [1.82, 2.24) is 20.8 Å². The zero-order valence-corrected chi connectivity index (χ0v) is 15.4. The number of nitrogens with one attached hydrogen (secondary N) is 3. The second kappa shape index (κ2) is 7.88. The first kappa shape index (κ1) is 18.4. The van der Waals surface area contributed by atoms with Gasteiger partial charge in [0.05, 0.1) is 11.7 Å². The van der Waals surface area contributed by atoms with Crippen molar-refractivity contribution >= 4 is 23.4 Å². The SMILES string of the molecule is Cc1n[nH]c(C)c1CCNC(=O)[C@H]1OCC(=O)N[C@@H]1c1ccccc1Cl. The molecule has 3 N–H and O–H groups in total. The van der Waals surface area contributed by atoms with Crippen LogP contribution < -0.4 is 10.6 Å². The molecule has 3 rings (SSSR count). The molecule has 2 atom stereocenters. The first-order valence-corrected chi connectivity index (χ1v) is 8.78. The minimum atomic E-state index is -0.834. The fourth-order valence-corrected chi connectivity index (χ4v) is 3.35. The molecule has 8 heteroatoms. The van der Waals surface area contributed by atoms with Crippen molar-refractivity contribution in [1.29, 1.82) is 0 Å². The van der Waals surface area contributed by atoms with Crippen LogP contribution in [0.2, 0.25) is 5.02 Å². The van der Waals surface area contributed by atoms with Crippen LogP contribution in [0.5, 0.6) is 0 Å². The van der Waals surface area contributed by atoms with Gasteiger partial charge in [0.2, 0.25) is 5.91 Å². The summed E-state index contributed by atoms with van der Waals surface area (Å²) in [6, 6.07) is 6.48. The van der Waals surface area contributed by atoms with Crippen LogP contribution in [-0.2, 0) is 20.7 Å². The van der Waals surface area contributed by atoms with Crippen molar-refractivity contribution in [2.24, 2.45) is 0 Å². The average molecular weight is 377 g/mol. The van der Waals surface area contributed by atoms with E-state index in [4.69, 9.17) is 16.3 Å². The Labute approximate surface area is 156 Å². The van der Waals surface area contributed by atoms with Crippen LogP contribution in [0.3, 0.4) is 0 Å². The summed E-state index contributed by atoms with van der Waals surface area (Å²) >= 11 is 6.23. The zero-order chi connectivity index (χ0) is 18.7. The number of hydrogen-bond donors (Lipinski definition) is 3. The Morgan fingerprint density at radius 2 is 2.15 bits per heavy atom. The Morgan fingerprint density at radius 3 is 2.85 bits per heavy atom. The highest BCUT2D eigenvalue weighted by atomic mass is 35.5. The Kier molecular flexibility index (Phi) is 5.58. The summed E-state index contributed by atoms with van der Waals surface area (Å²) in [7, 11) is 0. The molecule has 1 aromatic heterocycles. The molecule has 7 nitrogen and oxygen atoms in total. The van der Waals surface area contributed by atoms with E-state index in [9.17, 15) is 9.59 Å².